The monoisotopic (exact) mass is 1000 g/mol. The van der Waals surface area contributed by atoms with Crippen LogP contribution in [0, 0.1) is 0 Å². The van der Waals surface area contributed by atoms with E-state index in [-0.39, 0.29) is 0 Å². The number of rotatable bonds is 9. The van der Waals surface area contributed by atoms with Crippen molar-refractivity contribution in [2.75, 3.05) is 0 Å². The fourth-order valence-electron chi connectivity index (χ4n) is 12.9. The Morgan fingerprint density at radius 1 is 0.289 bits per heavy atom. The molecule has 0 N–H and O–H groups in total. The Hall–Kier alpha value is -9.54. The Bertz CT molecular complexity index is 4070. The number of benzene rings is 11. The second kappa shape index (κ2) is 17.6. The van der Waals surface area contributed by atoms with Gasteiger partial charge in [-0.15, -0.1) is 0 Å². The highest BCUT2D eigenvalue weighted by molar-refractivity contribution is 7.23. The first-order valence-electron chi connectivity index (χ1n) is 26.0. The SMILES string of the molecule is c1ccc([Si](c2ccccc2)(c2ccccc2)c2cc(-c3nc(-n4c5ccccc5c5ccccc54)nc(-n4c5ccccc5c5ccccc54)n3)cc([Si]3(c4ccccc4)c4ccccc4-c4ccccc43)c2)cc1. The second-order valence-corrected chi connectivity index (χ2v) is 27.4. The number of hydrogen-bond donors (Lipinski definition) is 0. The zero-order chi connectivity index (χ0) is 50.2. The number of aromatic nitrogens is 5. The highest BCUT2D eigenvalue weighted by Gasteiger charge is 2.50. The third kappa shape index (κ3) is 6.46. The summed E-state index contributed by atoms with van der Waals surface area (Å²) >= 11 is 0. The molecule has 0 aliphatic carbocycles. The van der Waals surface area contributed by atoms with E-state index in [1.54, 1.807) is 0 Å². The molecule has 14 aromatic rings. The Morgan fingerprint density at radius 3 is 1.07 bits per heavy atom. The van der Waals surface area contributed by atoms with Crippen LogP contribution in [0.1, 0.15) is 0 Å². The predicted octanol–water partition coefficient (Wildman–Crippen LogP) is 10.5. The molecular weight excluding hydrogens is 955 g/mol. The Morgan fingerprint density at radius 2 is 0.645 bits per heavy atom. The van der Waals surface area contributed by atoms with Crippen molar-refractivity contribution in [3.8, 4) is 34.4 Å². The van der Waals surface area contributed by atoms with Crippen molar-refractivity contribution in [1.29, 1.82) is 0 Å². The minimum atomic E-state index is -3.20. The van der Waals surface area contributed by atoms with Gasteiger partial charge in [0, 0.05) is 27.1 Å². The third-order valence-electron chi connectivity index (χ3n) is 16.0. The first-order chi connectivity index (χ1) is 37.7. The molecule has 0 fully saturated rings. The van der Waals surface area contributed by atoms with Crippen molar-refractivity contribution in [2.24, 2.45) is 0 Å². The Kier molecular flexibility index (Phi) is 10.2. The van der Waals surface area contributed by atoms with Gasteiger partial charge in [-0.2, -0.15) is 15.0 Å². The summed E-state index contributed by atoms with van der Waals surface area (Å²) in [5.74, 6) is 1.70. The summed E-state index contributed by atoms with van der Waals surface area (Å²) in [5.41, 5.74) is 7.64. The van der Waals surface area contributed by atoms with Crippen molar-refractivity contribution in [3.05, 3.63) is 285 Å². The molecule has 0 radical (unpaired) electrons. The zero-order valence-corrected chi connectivity index (χ0v) is 43.4. The number of para-hydroxylation sites is 4. The van der Waals surface area contributed by atoms with Crippen molar-refractivity contribution in [3.63, 3.8) is 0 Å². The molecule has 5 nitrogen and oxygen atoms in total. The quantitative estimate of drug-likeness (QED) is 0.107. The summed E-state index contributed by atoms with van der Waals surface area (Å²) in [6.45, 7) is 0. The highest BCUT2D eigenvalue weighted by atomic mass is 28.3. The topological polar surface area (TPSA) is 48.5 Å². The number of fused-ring (bicyclic) bond motifs is 9. The summed E-state index contributed by atoms with van der Waals surface area (Å²) < 4.78 is 4.47. The molecule has 0 saturated heterocycles. The smallest absolute Gasteiger partial charge is 0.240 e. The molecule has 4 heterocycles. The summed E-state index contributed by atoms with van der Waals surface area (Å²) in [6.07, 6.45) is 0. The summed E-state index contributed by atoms with van der Waals surface area (Å²) in [5, 5.41) is 15.1. The largest absolute Gasteiger partial charge is 0.278 e. The van der Waals surface area contributed by atoms with E-state index in [0.29, 0.717) is 17.7 Å². The van der Waals surface area contributed by atoms with Gasteiger partial charge in [0.05, 0.1) is 22.1 Å². The average Bonchev–Trinajstić information content (AvgIpc) is 4.20. The molecular formula is C69H47N5Si2. The molecule has 0 spiro atoms. The van der Waals surface area contributed by atoms with E-state index in [1.807, 2.05) is 0 Å². The lowest BCUT2D eigenvalue weighted by Crippen LogP contribution is -2.77. The molecule has 7 heteroatoms. The minimum Gasteiger partial charge on any atom is -0.278 e. The van der Waals surface area contributed by atoms with Gasteiger partial charge in [-0.1, -0.05) is 261 Å². The maximum Gasteiger partial charge on any atom is 0.240 e. The molecule has 1 aliphatic heterocycles. The molecule has 356 valence electrons. The molecule has 0 atom stereocenters. The lowest BCUT2D eigenvalue weighted by atomic mass is 10.1. The van der Waals surface area contributed by atoms with Crippen LogP contribution in [0.15, 0.2) is 285 Å². The Balaban J connectivity index is 1.13. The van der Waals surface area contributed by atoms with Crippen LogP contribution in [0.3, 0.4) is 0 Å². The van der Waals surface area contributed by atoms with Gasteiger partial charge in [-0.05, 0) is 76.9 Å². The molecule has 1 aliphatic rings. The van der Waals surface area contributed by atoms with Gasteiger partial charge in [0.25, 0.3) is 0 Å². The summed E-state index contributed by atoms with van der Waals surface area (Å²) in [7, 11) is -6.34. The van der Waals surface area contributed by atoms with Gasteiger partial charge < -0.3 is 0 Å². The number of nitrogens with zero attached hydrogens (tertiary/aromatic N) is 5. The van der Waals surface area contributed by atoms with Crippen molar-refractivity contribution in [1.82, 2.24) is 24.1 Å². The zero-order valence-electron chi connectivity index (χ0n) is 41.4. The summed E-state index contributed by atoms with van der Waals surface area (Å²) in [6, 6.07) is 105. The van der Waals surface area contributed by atoms with Crippen LogP contribution >= 0.6 is 0 Å². The number of hydrogen-bond acceptors (Lipinski definition) is 3. The molecule has 15 rings (SSSR count). The van der Waals surface area contributed by atoms with Crippen LogP contribution in [0.4, 0.5) is 0 Å². The first-order valence-corrected chi connectivity index (χ1v) is 30.0. The molecule has 0 saturated carbocycles. The van der Waals surface area contributed by atoms with E-state index >= 15 is 0 Å². The Labute approximate surface area is 442 Å². The fourth-order valence-corrected chi connectivity index (χ4v) is 23.1. The van der Waals surface area contributed by atoms with E-state index in [4.69, 9.17) is 15.0 Å². The van der Waals surface area contributed by atoms with Crippen molar-refractivity contribution < 1.29 is 0 Å². The lowest BCUT2D eigenvalue weighted by Gasteiger charge is -2.37. The molecule has 76 heavy (non-hydrogen) atoms. The third-order valence-corrected chi connectivity index (χ3v) is 25.6. The minimum absolute atomic E-state index is 0.551. The molecule has 0 unspecified atom stereocenters. The molecule has 11 aromatic carbocycles. The van der Waals surface area contributed by atoms with E-state index in [0.717, 1.165) is 49.2 Å². The van der Waals surface area contributed by atoms with Crippen LogP contribution < -0.4 is 41.5 Å². The van der Waals surface area contributed by atoms with Gasteiger partial charge in [0.1, 0.15) is 0 Å². The lowest BCUT2D eigenvalue weighted by molar-refractivity contribution is 0.893. The van der Waals surface area contributed by atoms with Gasteiger partial charge in [0.15, 0.2) is 22.0 Å². The standard InChI is InChI=1S/C69H47N5Si2/c1-5-25-49(26-6-1)75(50-27-7-2-8-28-50,51-29-9-3-10-30-51)53-45-48(46-54(47-53)76(52-31-11-4-12-32-52)65-43-23-17-37-59(65)60-38-18-24-44-66(60)76)67-70-68(73-61-39-19-13-33-55(61)56-34-14-20-40-62(56)73)72-69(71-67)74-63-41-21-15-35-57(63)58-36-16-22-42-64(58)74/h1-47H. The van der Waals surface area contributed by atoms with E-state index in [9.17, 15) is 0 Å². The normalized spacial score (nSPS) is 12.8. The van der Waals surface area contributed by atoms with E-state index < -0.39 is 16.1 Å². The first kappa shape index (κ1) is 44.0. The fraction of sp³-hybridized carbons (Fsp3) is 0. The average molecular weight is 1000 g/mol. The van der Waals surface area contributed by atoms with Crippen LogP contribution in [0.25, 0.3) is 78.0 Å². The van der Waals surface area contributed by atoms with Gasteiger partial charge in [-0.3, -0.25) is 9.13 Å². The summed E-state index contributed by atoms with van der Waals surface area (Å²) in [4.78, 5) is 17.1. The van der Waals surface area contributed by atoms with E-state index in [2.05, 4.69) is 294 Å². The van der Waals surface area contributed by atoms with Crippen LogP contribution in [-0.2, 0) is 0 Å². The van der Waals surface area contributed by atoms with E-state index in [1.165, 1.54) is 52.6 Å². The van der Waals surface area contributed by atoms with Gasteiger partial charge in [-0.25, -0.2) is 0 Å². The molecule has 0 amide bonds. The van der Waals surface area contributed by atoms with Gasteiger partial charge >= 0.3 is 0 Å². The highest BCUT2D eigenvalue weighted by Crippen LogP contribution is 2.35. The van der Waals surface area contributed by atoms with Crippen molar-refractivity contribution in [2.45, 2.75) is 0 Å². The maximum atomic E-state index is 5.77. The van der Waals surface area contributed by atoms with Crippen LogP contribution in [0.5, 0.6) is 0 Å². The predicted molar refractivity (Wildman–Crippen MR) is 320 cm³/mol. The van der Waals surface area contributed by atoms with Crippen LogP contribution in [0.2, 0.25) is 0 Å². The second-order valence-electron chi connectivity index (χ2n) is 19.9. The van der Waals surface area contributed by atoms with Crippen LogP contribution in [-0.4, -0.2) is 40.2 Å². The van der Waals surface area contributed by atoms with Gasteiger partial charge in [0.2, 0.25) is 11.9 Å². The van der Waals surface area contributed by atoms with Crippen molar-refractivity contribution >= 4 is 101 Å². The molecule has 0 bridgehead atoms. The maximum absolute atomic E-state index is 5.77. The molecule has 3 aromatic heterocycles.